The summed E-state index contributed by atoms with van der Waals surface area (Å²) in [4.78, 5) is 7.05. The van der Waals surface area contributed by atoms with E-state index < -0.39 is 15.7 Å². The quantitative estimate of drug-likeness (QED) is 0.503. The molecule has 9 heteroatoms. The number of halogens is 1. The molecule has 2 aromatic heterocycles. The molecule has 31 heavy (non-hydrogen) atoms. The van der Waals surface area contributed by atoms with E-state index in [1.54, 1.807) is 6.33 Å². The first-order chi connectivity index (χ1) is 14.8. The van der Waals surface area contributed by atoms with Gasteiger partial charge in [0, 0.05) is 19.3 Å². The summed E-state index contributed by atoms with van der Waals surface area (Å²) in [5.74, 6) is 1.28. The van der Waals surface area contributed by atoms with Gasteiger partial charge in [0.05, 0.1) is 19.3 Å². The number of aromatic nitrogens is 4. The molecule has 1 spiro atoms. The summed E-state index contributed by atoms with van der Waals surface area (Å²) in [6.07, 6.45) is 7.67. The standard InChI is InChI=1S/C22H27IN6OS/c1-21(2,31(24)30)12-17-16-6-4-3-5-15(16)11-22(17)7-9-28(10-8-22)20-25-13-18(23)19-27-26-14-29(19)20/h3-6,13-14,17H,7-12,24H2,1-2H3/t17-,31?/m1/s1. The second-order valence-corrected chi connectivity index (χ2v) is 12.3. The van der Waals surface area contributed by atoms with Gasteiger partial charge in [-0.05, 0) is 84.6 Å². The van der Waals surface area contributed by atoms with Gasteiger partial charge in [-0.3, -0.25) is 9.54 Å². The third kappa shape index (κ3) is 3.58. The van der Waals surface area contributed by atoms with E-state index in [1.165, 1.54) is 11.1 Å². The van der Waals surface area contributed by atoms with Gasteiger partial charge in [-0.25, -0.2) is 9.19 Å². The fourth-order valence-electron chi connectivity index (χ4n) is 5.46. The Kier molecular flexibility index (Phi) is 5.33. The van der Waals surface area contributed by atoms with Crippen molar-refractivity contribution in [2.45, 2.75) is 50.2 Å². The zero-order valence-electron chi connectivity index (χ0n) is 17.8. The van der Waals surface area contributed by atoms with Crippen molar-refractivity contribution in [3.8, 4) is 0 Å². The number of hydrogen-bond donors (Lipinski definition) is 1. The summed E-state index contributed by atoms with van der Waals surface area (Å²) in [6.45, 7) is 5.92. The molecule has 2 atom stereocenters. The summed E-state index contributed by atoms with van der Waals surface area (Å²) in [5.41, 5.74) is 3.88. The lowest BCUT2D eigenvalue weighted by molar-refractivity contribution is 0.170. The predicted octanol–water partition coefficient (Wildman–Crippen LogP) is 3.45. The number of fused-ring (bicyclic) bond motifs is 2. The highest BCUT2D eigenvalue weighted by atomic mass is 127. The molecule has 3 heterocycles. The molecule has 1 unspecified atom stereocenters. The maximum atomic E-state index is 12.3. The normalized spacial score (nSPS) is 21.5. The van der Waals surface area contributed by atoms with Gasteiger partial charge < -0.3 is 4.90 Å². The fourth-order valence-corrected chi connectivity index (χ4v) is 6.30. The van der Waals surface area contributed by atoms with Gasteiger partial charge in [0.15, 0.2) is 5.65 Å². The van der Waals surface area contributed by atoms with Crippen LogP contribution in [0.2, 0.25) is 0 Å². The summed E-state index contributed by atoms with van der Waals surface area (Å²) >= 11 is 2.25. The van der Waals surface area contributed by atoms with Gasteiger partial charge in [0.25, 0.3) is 0 Å². The van der Waals surface area contributed by atoms with E-state index in [4.69, 9.17) is 10.1 Å². The van der Waals surface area contributed by atoms with Gasteiger partial charge in [0.1, 0.15) is 6.33 Å². The Bertz CT molecular complexity index is 1150. The number of rotatable bonds is 4. The highest BCUT2D eigenvalue weighted by Gasteiger charge is 2.49. The molecule has 2 aliphatic rings. The van der Waals surface area contributed by atoms with Crippen molar-refractivity contribution in [3.05, 3.63) is 51.5 Å². The molecule has 7 nitrogen and oxygen atoms in total. The molecule has 0 saturated carbocycles. The van der Waals surface area contributed by atoms with E-state index in [-0.39, 0.29) is 5.41 Å². The van der Waals surface area contributed by atoms with E-state index >= 15 is 0 Å². The lowest BCUT2D eigenvalue weighted by Crippen LogP contribution is -2.45. The molecule has 0 radical (unpaired) electrons. The number of benzene rings is 1. The Morgan fingerprint density at radius 2 is 2.03 bits per heavy atom. The zero-order chi connectivity index (χ0) is 21.8. The molecule has 1 fully saturated rings. The molecule has 1 aliphatic heterocycles. The van der Waals surface area contributed by atoms with Crippen LogP contribution in [0.5, 0.6) is 0 Å². The highest BCUT2D eigenvalue weighted by molar-refractivity contribution is 14.1. The molecular formula is C22H27IN6OS. The SMILES string of the molecule is CC(C)(C[C@@H]1c2ccccc2CC12CCN(c1ncc(I)c3nncn13)CC2)S(N)=O. The van der Waals surface area contributed by atoms with Crippen LogP contribution >= 0.6 is 22.6 Å². The smallest absolute Gasteiger partial charge is 0.212 e. The van der Waals surface area contributed by atoms with Crippen LogP contribution in [0.3, 0.4) is 0 Å². The van der Waals surface area contributed by atoms with Crippen molar-refractivity contribution >= 4 is 45.2 Å². The first kappa shape index (κ1) is 21.3. The Morgan fingerprint density at radius 1 is 1.29 bits per heavy atom. The van der Waals surface area contributed by atoms with Gasteiger partial charge >= 0.3 is 0 Å². The first-order valence-corrected chi connectivity index (χ1v) is 12.9. The highest BCUT2D eigenvalue weighted by Crippen LogP contribution is 2.56. The van der Waals surface area contributed by atoms with Crippen LogP contribution in [-0.4, -0.2) is 41.6 Å². The van der Waals surface area contributed by atoms with Crippen molar-refractivity contribution in [1.29, 1.82) is 0 Å². The van der Waals surface area contributed by atoms with Crippen LogP contribution in [-0.2, 0) is 17.4 Å². The Labute approximate surface area is 198 Å². The van der Waals surface area contributed by atoms with Gasteiger partial charge in [-0.1, -0.05) is 24.3 Å². The molecule has 0 amide bonds. The monoisotopic (exact) mass is 550 g/mol. The Hall–Kier alpha value is -1.59. The van der Waals surface area contributed by atoms with Crippen molar-refractivity contribution < 1.29 is 4.21 Å². The number of hydrogen-bond acceptors (Lipinski definition) is 5. The minimum atomic E-state index is -1.36. The van der Waals surface area contributed by atoms with Gasteiger partial charge in [-0.15, -0.1) is 10.2 Å². The van der Waals surface area contributed by atoms with Crippen molar-refractivity contribution in [2.75, 3.05) is 18.0 Å². The average molecular weight is 550 g/mol. The number of nitrogens with two attached hydrogens (primary N) is 1. The molecule has 164 valence electrons. The Morgan fingerprint density at radius 3 is 2.77 bits per heavy atom. The molecule has 3 aromatic rings. The second-order valence-electron chi connectivity index (χ2n) is 9.47. The molecule has 1 aromatic carbocycles. The summed E-state index contributed by atoms with van der Waals surface area (Å²) < 4.78 is 14.8. The third-order valence-electron chi connectivity index (χ3n) is 7.26. The molecule has 5 rings (SSSR count). The van der Waals surface area contributed by atoms with Crippen LogP contribution in [0, 0.1) is 8.99 Å². The largest absolute Gasteiger partial charge is 0.342 e. The molecule has 2 N–H and O–H groups in total. The number of nitrogens with zero attached hydrogens (tertiary/aromatic N) is 5. The minimum absolute atomic E-state index is 0.173. The van der Waals surface area contributed by atoms with Crippen LogP contribution in [0.4, 0.5) is 5.95 Å². The van der Waals surface area contributed by atoms with Gasteiger partial charge in [-0.2, -0.15) is 0 Å². The maximum absolute atomic E-state index is 12.3. The zero-order valence-corrected chi connectivity index (χ0v) is 20.8. The van der Waals surface area contributed by atoms with E-state index in [0.29, 0.717) is 5.92 Å². The van der Waals surface area contributed by atoms with Crippen molar-refractivity contribution in [2.24, 2.45) is 10.6 Å². The van der Waals surface area contributed by atoms with E-state index in [2.05, 4.69) is 62.0 Å². The third-order valence-corrected chi connectivity index (χ3v) is 9.28. The number of piperidine rings is 1. The van der Waals surface area contributed by atoms with Crippen LogP contribution < -0.4 is 10.0 Å². The molecule has 1 saturated heterocycles. The second kappa shape index (κ2) is 7.77. The van der Waals surface area contributed by atoms with Crippen molar-refractivity contribution in [3.63, 3.8) is 0 Å². The van der Waals surface area contributed by atoms with E-state index in [1.807, 2.05) is 24.4 Å². The van der Waals surface area contributed by atoms with Gasteiger partial charge in [0.2, 0.25) is 5.95 Å². The lowest BCUT2D eigenvalue weighted by atomic mass is 9.67. The van der Waals surface area contributed by atoms with Crippen LogP contribution in [0.25, 0.3) is 5.65 Å². The lowest BCUT2D eigenvalue weighted by Gasteiger charge is -2.45. The van der Waals surface area contributed by atoms with E-state index in [9.17, 15) is 4.21 Å². The maximum Gasteiger partial charge on any atom is 0.212 e. The molecule has 1 aliphatic carbocycles. The topological polar surface area (TPSA) is 89.4 Å². The number of anilines is 1. The summed E-state index contributed by atoms with van der Waals surface area (Å²) in [7, 11) is -1.36. The summed E-state index contributed by atoms with van der Waals surface area (Å²) in [6, 6.07) is 8.79. The minimum Gasteiger partial charge on any atom is -0.342 e. The van der Waals surface area contributed by atoms with Crippen molar-refractivity contribution in [1.82, 2.24) is 19.6 Å². The first-order valence-electron chi connectivity index (χ1n) is 10.6. The molecule has 0 bridgehead atoms. The predicted molar refractivity (Wildman–Crippen MR) is 131 cm³/mol. The average Bonchev–Trinajstić information content (AvgIpc) is 3.34. The fraction of sp³-hybridized carbons (Fsp3) is 0.500. The van der Waals surface area contributed by atoms with Crippen LogP contribution in [0.15, 0.2) is 36.8 Å². The molecular weight excluding hydrogens is 523 g/mol. The van der Waals surface area contributed by atoms with Crippen LogP contribution in [0.1, 0.15) is 50.2 Å². The van der Waals surface area contributed by atoms with E-state index in [0.717, 1.165) is 53.9 Å². The summed E-state index contributed by atoms with van der Waals surface area (Å²) in [5, 5.41) is 14.2. The Balaban J connectivity index is 1.44.